The molecule has 0 saturated carbocycles. The lowest BCUT2D eigenvalue weighted by Gasteiger charge is -2.22. The van der Waals surface area contributed by atoms with Gasteiger partial charge in [-0.15, -0.1) is 11.8 Å². The van der Waals surface area contributed by atoms with Gasteiger partial charge in [-0.05, 0) is 36.2 Å². The zero-order valence-corrected chi connectivity index (χ0v) is 13.1. The molecule has 1 aromatic heterocycles. The van der Waals surface area contributed by atoms with E-state index in [9.17, 15) is 13.2 Å². The van der Waals surface area contributed by atoms with Crippen LogP contribution >= 0.6 is 11.8 Å². The van der Waals surface area contributed by atoms with Crippen molar-refractivity contribution >= 4 is 22.7 Å². The number of rotatable bonds is 0. The molecular formula is C18H12F3NS. The first-order chi connectivity index (χ1) is 10.9. The number of hydrogen-bond acceptors (Lipinski definition) is 2. The van der Waals surface area contributed by atoms with E-state index in [1.54, 1.807) is 6.07 Å². The Hall–Kier alpha value is -2.01. The number of halogens is 3. The minimum Gasteiger partial charge on any atom is -0.247 e. The number of aromatic nitrogens is 1. The number of hydrogen-bond donors (Lipinski definition) is 0. The molecule has 0 aliphatic carbocycles. The van der Waals surface area contributed by atoms with Crippen LogP contribution in [0.2, 0.25) is 0 Å². The maximum atomic E-state index is 12.9. The first kappa shape index (κ1) is 14.6. The summed E-state index contributed by atoms with van der Waals surface area (Å²) in [4.78, 5) is 5.36. The van der Waals surface area contributed by atoms with Crippen LogP contribution < -0.4 is 0 Å². The van der Waals surface area contributed by atoms with E-state index >= 15 is 0 Å². The van der Waals surface area contributed by atoms with Gasteiger partial charge in [0.2, 0.25) is 0 Å². The van der Waals surface area contributed by atoms with E-state index in [0.29, 0.717) is 10.6 Å². The highest BCUT2D eigenvalue weighted by atomic mass is 32.2. The second-order valence-corrected chi connectivity index (χ2v) is 6.60. The fraction of sp³-hybridized carbons (Fsp3) is 0.167. The Kier molecular flexibility index (Phi) is 3.17. The highest BCUT2D eigenvalue weighted by Crippen LogP contribution is 2.45. The largest absolute Gasteiger partial charge is 0.416 e. The van der Waals surface area contributed by atoms with E-state index in [1.807, 2.05) is 24.3 Å². The first-order valence-electron chi connectivity index (χ1n) is 7.18. The summed E-state index contributed by atoms with van der Waals surface area (Å²) in [6, 6.07) is 11.8. The molecule has 3 aromatic rings. The van der Waals surface area contributed by atoms with Crippen LogP contribution in [0, 0.1) is 6.92 Å². The first-order valence-corrected chi connectivity index (χ1v) is 8.16. The van der Waals surface area contributed by atoms with E-state index in [4.69, 9.17) is 4.98 Å². The number of para-hydroxylation sites is 1. The van der Waals surface area contributed by atoms with Crippen molar-refractivity contribution < 1.29 is 13.2 Å². The third kappa shape index (κ3) is 2.30. The number of fused-ring (bicyclic) bond motifs is 4. The van der Waals surface area contributed by atoms with E-state index in [-0.39, 0.29) is 0 Å². The van der Waals surface area contributed by atoms with Gasteiger partial charge in [0.25, 0.3) is 0 Å². The molecule has 23 heavy (non-hydrogen) atoms. The van der Waals surface area contributed by atoms with Gasteiger partial charge in [0.05, 0.1) is 16.8 Å². The number of alkyl halides is 3. The molecule has 0 fully saturated rings. The summed E-state index contributed by atoms with van der Waals surface area (Å²) in [6.45, 7) is 2.05. The zero-order chi connectivity index (χ0) is 16.2. The number of aryl methyl sites for hydroxylation is 1. The highest BCUT2D eigenvalue weighted by Gasteiger charge is 2.32. The molecule has 0 radical (unpaired) electrons. The molecule has 0 saturated heterocycles. The van der Waals surface area contributed by atoms with Crippen molar-refractivity contribution in [2.45, 2.75) is 23.7 Å². The predicted molar refractivity (Wildman–Crippen MR) is 86.5 cm³/mol. The average Bonchev–Trinajstić information content (AvgIpc) is 2.53. The van der Waals surface area contributed by atoms with E-state index in [1.165, 1.54) is 17.8 Å². The van der Waals surface area contributed by atoms with Crippen LogP contribution in [0.5, 0.6) is 0 Å². The molecular weight excluding hydrogens is 319 g/mol. The molecule has 2 aromatic carbocycles. The lowest BCUT2D eigenvalue weighted by Crippen LogP contribution is -2.07. The second kappa shape index (κ2) is 4.99. The van der Waals surface area contributed by atoms with Crippen molar-refractivity contribution in [3.63, 3.8) is 0 Å². The Morgan fingerprint density at radius 1 is 1.09 bits per heavy atom. The lowest BCUT2D eigenvalue weighted by molar-refractivity contribution is -0.137. The summed E-state index contributed by atoms with van der Waals surface area (Å²) in [5.41, 5.74) is 4.14. The van der Waals surface area contributed by atoms with Gasteiger partial charge in [0.1, 0.15) is 0 Å². The Balaban J connectivity index is 1.96. The predicted octanol–water partition coefficient (Wildman–Crippen LogP) is 5.83. The SMILES string of the molecule is Cc1c2c(nc3ccccc13)-c1ccc(C(F)(F)F)cc1SC2. The van der Waals surface area contributed by atoms with Crippen LogP contribution in [0.1, 0.15) is 16.7 Å². The average molecular weight is 331 g/mol. The third-order valence-electron chi connectivity index (χ3n) is 4.21. The van der Waals surface area contributed by atoms with Crippen LogP contribution in [-0.4, -0.2) is 4.98 Å². The molecule has 0 amide bonds. The standard InChI is InChI=1S/C18H12F3NS/c1-10-12-4-2-3-5-15(12)22-17-13-7-6-11(18(19,20)21)8-16(13)23-9-14(10)17/h2-8H,9H2,1H3. The Bertz CT molecular complexity index is 931. The number of pyridine rings is 1. The maximum absolute atomic E-state index is 12.9. The Morgan fingerprint density at radius 2 is 1.87 bits per heavy atom. The van der Waals surface area contributed by atoms with Crippen molar-refractivity contribution in [1.29, 1.82) is 0 Å². The molecule has 0 unspecified atom stereocenters. The smallest absolute Gasteiger partial charge is 0.247 e. The molecule has 2 heterocycles. The van der Waals surface area contributed by atoms with Crippen LogP contribution in [0.15, 0.2) is 47.4 Å². The fourth-order valence-electron chi connectivity index (χ4n) is 2.98. The van der Waals surface area contributed by atoms with E-state index in [2.05, 4.69) is 6.92 Å². The fourth-order valence-corrected chi connectivity index (χ4v) is 4.16. The van der Waals surface area contributed by atoms with Gasteiger partial charge >= 0.3 is 6.18 Å². The van der Waals surface area contributed by atoms with E-state index in [0.717, 1.165) is 39.4 Å². The number of thioether (sulfide) groups is 1. The highest BCUT2D eigenvalue weighted by molar-refractivity contribution is 7.98. The monoisotopic (exact) mass is 331 g/mol. The van der Waals surface area contributed by atoms with Gasteiger partial charge in [0.15, 0.2) is 0 Å². The molecule has 5 heteroatoms. The van der Waals surface area contributed by atoms with Crippen molar-refractivity contribution in [3.8, 4) is 11.3 Å². The third-order valence-corrected chi connectivity index (χ3v) is 5.30. The van der Waals surface area contributed by atoms with Gasteiger partial charge in [-0.3, -0.25) is 0 Å². The molecule has 116 valence electrons. The molecule has 1 aliphatic rings. The summed E-state index contributed by atoms with van der Waals surface area (Å²) in [6.07, 6.45) is -4.32. The summed E-state index contributed by atoms with van der Waals surface area (Å²) < 4.78 is 38.7. The van der Waals surface area contributed by atoms with E-state index < -0.39 is 11.7 Å². The van der Waals surface area contributed by atoms with Gasteiger partial charge < -0.3 is 0 Å². The zero-order valence-electron chi connectivity index (χ0n) is 12.2. The van der Waals surface area contributed by atoms with Crippen LogP contribution in [0.3, 0.4) is 0 Å². The quantitative estimate of drug-likeness (QED) is 0.514. The summed E-state index contributed by atoms with van der Waals surface area (Å²) in [5, 5.41) is 1.10. The summed E-state index contributed by atoms with van der Waals surface area (Å²) in [5.74, 6) is 0.646. The molecule has 0 atom stereocenters. The number of nitrogens with zero attached hydrogens (tertiary/aromatic N) is 1. The van der Waals surface area contributed by atoms with Gasteiger partial charge in [0, 0.05) is 21.6 Å². The van der Waals surface area contributed by atoms with Crippen LogP contribution in [-0.2, 0) is 11.9 Å². The summed E-state index contributed by atoms with van der Waals surface area (Å²) >= 11 is 1.44. The minimum atomic E-state index is -4.32. The van der Waals surface area contributed by atoms with Crippen molar-refractivity contribution in [1.82, 2.24) is 4.98 Å². The molecule has 0 bridgehead atoms. The molecule has 1 nitrogen and oxygen atoms in total. The minimum absolute atomic E-state index is 0.607. The molecule has 0 spiro atoms. The van der Waals surface area contributed by atoms with Crippen LogP contribution in [0.25, 0.3) is 22.2 Å². The molecule has 0 N–H and O–H groups in total. The van der Waals surface area contributed by atoms with Crippen molar-refractivity contribution in [3.05, 3.63) is 59.2 Å². The normalized spacial score (nSPS) is 13.7. The van der Waals surface area contributed by atoms with Gasteiger partial charge in [-0.25, -0.2) is 4.98 Å². The van der Waals surface area contributed by atoms with Gasteiger partial charge in [-0.1, -0.05) is 24.3 Å². The van der Waals surface area contributed by atoms with Crippen LogP contribution in [0.4, 0.5) is 13.2 Å². The van der Waals surface area contributed by atoms with Crippen molar-refractivity contribution in [2.24, 2.45) is 0 Å². The second-order valence-electron chi connectivity index (χ2n) is 5.58. The Morgan fingerprint density at radius 3 is 2.65 bits per heavy atom. The summed E-state index contributed by atoms with van der Waals surface area (Å²) in [7, 11) is 0. The Labute approximate surface area is 135 Å². The maximum Gasteiger partial charge on any atom is 0.416 e. The van der Waals surface area contributed by atoms with Gasteiger partial charge in [-0.2, -0.15) is 13.2 Å². The molecule has 1 aliphatic heterocycles. The molecule has 4 rings (SSSR count). The lowest BCUT2D eigenvalue weighted by atomic mass is 9.97. The topological polar surface area (TPSA) is 12.9 Å². The van der Waals surface area contributed by atoms with Crippen molar-refractivity contribution in [2.75, 3.05) is 0 Å². The number of benzene rings is 2.